The molecule has 186 valence electrons. The zero-order valence-corrected chi connectivity index (χ0v) is 18.5. The van der Waals surface area contributed by atoms with Crippen LogP contribution in [0.2, 0.25) is 0 Å². The first kappa shape index (κ1) is 28.4. The van der Waals surface area contributed by atoms with Crippen LogP contribution in [-0.2, 0) is 33.5 Å². The van der Waals surface area contributed by atoms with Gasteiger partial charge in [-0.25, -0.2) is 4.79 Å². The van der Waals surface area contributed by atoms with E-state index in [1.807, 2.05) is 5.32 Å². The van der Waals surface area contributed by atoms with Crippen molar-refractivity contribution in [2.24, 2.45) is 5.41 Å². The van der Waals surface area contributed by atoms with Crippen LogP contribution in [0.3, 0.4) is 0 Å². The van der Waals surface area contributed by atoms with Crippen molar-refractivity contribution in [1.82, 2.24) is 5.32 Å². The molecule has 14 nitrogen and oxygen atoms in total. The fourth-order valence-electron chi connectivity index (χ4n) is 4.71. The Hall–Kier alpha value is -2.62. The van der Waals surface area contributed by atoms with Crippen molar-refractivity contribution >= 4 is 35.0 Å². The molecule has 0 radical (unpaired) electrons. The summed E-state index contributed by atoms with van der Waals surface area (Å²) in [6, 6.07) is 0. The summed E-state index contributed by atoms with van der Waals surface area (Å²) in [6.07, 6.45) is -7.47. The monoisotopic (exact) mass is 477 g/mol. The van der Waals surface area contributed by atoms with E-state index in [0.717, 1.165) is 6.92 Å². The first-order chi connectivity index (χ1) is 14.9. The highest BCUT2D eigenvalue weighted by Gasteiger charge is 2.87. The summed E-state index contributed by atoms with van der Waals surface area (Å²) in [5.74, 6) is -14.1. The molecule has 14 heteroatoms. The number of aliphatic hydroxyl groups excluding tert-OH is 3. The lowest BCUT2D eigenvalue weighted by Crippen LogP contribution is -2.93. The number of hydrogen-bond donors (Lipinski definition) is 7. The molecular formula is C19H27NO13. The van der Waals surface area contributed by atoms with Gasteiger partial charge in [-0.1, -0.05) is 0 Å². The maximum Gasteiger partial charge on any atom is 0.366 e. The van der Waals surface area contributed by atoms with Gasteiger partial charge in [0, 0.05) is 6.92 Å². The van der Waals surface area contributed by atoms with E-state index >= 15 is 0 Å². The van der Waals surface area contributed by atoms with Gasteiger partial charge in [0.2, 0.25) is 5.91 Å². The Kier molecular flexibility index (Phi) is 7.72. The quantitative estimate of drug-likeness (QED) is 0.156. The molecule has 0 aliphatic carbocycles. The van der Waals surface area contributed by atoms with Crippen LogP contribution in [0.5, 0.6) is 0 Å². The second kappa shape index (κ2) is 8.96. The van der Waals surface area contributed by atoms with Gasteiger partial charge in [-0.3, -0.25) is 24.0 Å². The fraction of sp³-hybridized carbons (Fsp3) is 0.684. The van der Waals surface area contributed by atoms with Gasteiger partial charge >= 0.3 is 5.97 Å². The molecule has 0 spiro atoms. The molecule has 1 aliphatic rings. The third-order valence-electron chi connectivity index (χ3n) is 6.02. The molecular weight excluding hydrogens is 450 g/mol. The van der Waals surface area contributed by atoms with Crippen LogP contribution in [0.25, 0.3) is 0 Å². The van der Waals surface area contributed by atoms with Crippen LogP contribution >= 0.6 is 0 Å². The first-order valence-corrected chi connectivity index (χ1v) is 9.53. The molecule has 1 amide bonds. The third-order valence-corrected chi connectivity index (χ3v) is 6.02. The van der Waals surface area contributed by atoms with Gasteiger partial charge in [-0.05, 0) is 27.7 Å². The number of carboxylic acid groups (broad SMARTS) is 1. The van der Waals surface area contributed by atoms with E-state index in [4.69, 9.17) is 4.74 Å². The maximum absolute atomic E-state index is 13.0. The van der Waals surface area contributed by atoms with Crippen molar-refractivity contribution < 1.29 is 64.1 Å². The summed E-state index contributed by atoms with van der Waals surface area (Å²) >= 11 is 0. The number of ether oxygens (including phenoxy) is 1. The molecule has 1 fully saturated rings. The number of aliphatic hydroxyl groups is 5. The maximum atomic E-state index is 13.0. The number of carbonyl (C=O) groups is 6. The van der Waals surface area contributed by atoms with Crippen molar-refractivity contribution in [1.29, 1.82) is 0 Å². The summed E-state index contributed by atoms with van der Waals surface area (Å²) in [6.45, 7) is 1.80. The molecule has 1 heterocycles. The summed E-state index contributed by atoms with van der Waals surface area (Å²) in [7, 11) is 0. The second-order valence-electron chi connectivity index (χ2n) is 7.90. The molecule has 0 aromatic carbocycles. The third kappa shape index (κ3) is 3.41. The highest BCUT2D eigenvalue weighted by Crippen LogP contribution is 2.57. The average molecular weight is 477 g/mol. The van der Waals surface area contributed by atoms with Crippen LogP contribution < -0.4 is 5.32 Å². The Bertz CT molecular complexity index is 886. The Morgan fingerprint density at radius 3 is 1.61 bits per heavy atom. The minimum Gasteiger partial charge on any atom is -0.477 e. The Morgan fingerprint density at radius 1 is 0.879 bits per heavy atom. The molecule has 6 atom stereocenters. The number of carboxylic acids is 1. The van der Waals surface area contributed by atoms with Gasteiger partial charge in [0.25, 0.3) is 5.79 Å². The van der Waals surface area contributed by atoms with Gasteiger partial charge in [0.05, 0.1) is 6.61 Å². The average Bonchev–Trinajstić information content (AvgIpc) is 2.67. The highest BCUT2D eigenvalue weighted by molar-refractivity contribution is 6.19. The van der Waals surface area contributed by atoms with E-state index in [-0.39, 0.29) is 0 Å². The van der Waals surface area contributed by atoms with Crippen molar-refractivity contribution in [2.75, 3.05) is 6.61 Å². The Morgan fingerprint density at radius 2 is 1.33 bits per heavy atom. The number of hydrogen-bond acceptors (Lipinski definition) is 12. The number of carbonyl (C=O) groups excluding carboxylic acids is 5. The number of aliphatic carboxylic acids is 1. The molecule has 0 bridgehead atoms. The van der Waals surface area contributed by atoms with E-state index in [9.17, 15) is 59.4 Å². The summed E-state index contributed by atoms with van der Waals surface area (Å²) in [5.41, 5.74) is -10.9. The van der Waals surface area contributed by atoms with Crippen LogP contribution in [0.4, 0.5) is 0 Å². The molecule has 0 aromatic heterocycles. The minimum absolute atomic E-state index is 0.532. The molecule has 1 aliphatic heterocycles. The number of rotatable bonds is 9. The van der Waals surface area contributed by atoms with Gasteiger partial charge in [0.1, 0.15) is 18.3 Å². The minimum atomic E-state index is -4.09. The first-order valence-electron chi connectivity index (χ1n) is 9.53. The number of nitrogens with one attached hydrogen (secondary N) is 1. The number of Topliss-reactive ketones (excluding diaryl/α,β-unsaturated/α-hetero) is 4. The topological polar surface area (TPSA) is 245 Å². The zero-order valence-electron chi connectivity index (χ0n) is 18.5. The molecule has 0 aromatic rings. The van der Waals surface area contributed by atoms with E-state index in [2.05, 4.69) is 0 Å². The van der Waals surface area contributed by atoms with Crippen molar-refractivity contribution in [3.8, 4) is 0 Å². The summed E-state index contributed by atoms with van der Waals surface area (Å²) < 4.78 is 5.03. The van der Waals surface area contributed by atoms with Crippen LogP contribution in [-0.4, -0.2) is 107 Å². The van der Waals surface area contributed by atoms with Gasteiger partial charge in [-0.15, -0.1) is 0 Å². The van der Waals surface area contributed by atoms with Crippen molar-refractivity contribution in [3.05, 3.63) is 0 Å². The fourth-order valence-corrected chi connectivity index (χ4v) is 4.71. The largest absolute Gasteiger partial charge is 0.477 e. The SMILES string of the molecule is CC(=O)N[C@@]1(C(C)=O)[C@H]([C@H](O)[C@H](O)CO)OC(O)(C(=O)O)C(C(C)=O)(C(C)=O)[C@@]1(O)C(C)=O. The van der Waals surface area contributed by atoms with Crippen LogP contribution in [0.1, 0.15) is 34.6 Å². The molecule has 33 heavy (non-hydrogen) atoms. The van der Waals surface area contributed by atoms with Crippen molar-refractivity contribution in [3.63, 3.8) is 0 Å². The van der Waals surface area contributed by atoms with Crippen molar-refractivity contribution in [2.45, 2.75) is 69.9 Å². The predicted molar refractivity (Wildman–Crippen MR) is 103 cm³/mol. The molecule has 0 saturated carbocycles. The Balaban J connectivity index is 4.51. The zero-order chi connectivity index (χ0) is 26.3. The summed E-state index contributed by atoms with van der Waals surface area (Å²) in [5, 5.41) is 64.3. The molecule has 7 N–H and O–H groups in total. The van der Waals surface area contributed by atoms with E-state index in [1.54, 1.807) is 0 Å². The standard InChI is InChI=1S/C19H27NO13/c1-7(22)16(8(2)23)18(31,10(4)25)17(9(3)24,20-11(5)26)14(13(28)12(27)6-21)33-19(16,32)15(29)30/h12-14,21,27-28,31-32H,6H2,1-5H3,(H,20,26)(H,29,30)/t12-,13-,14+,17+,18+,19?/m1/s1. The van der Waals surface area contributed by atoms with Gasteiger partial charge in [0.15, 0.2) is 39.7 Å². The predicted octanol–water partition coefficient (Wildman–Crippen LogP) is -4.18. The van der Waals surface area contributed by atoms with Gasteiger partial charge in [-0.2, -0.15) is 0 Å². The van der Waals surface area contributed by atoms with E-state index in [1.165, 1.54) is 0 Å². The lowest BCUT2D eigenvalue weighted by molar-refractivity contribution is -0.358. The van der Waals surface area contributed by atoms with Crippen LogP contribution in [0.15, 0.2) is 0 Å². The van der Waals surface area contributed by atoms with Crippen LogP contribution in [0, 0.1) is 5.41 Å². The summed E-state index contributed by atoms with van der Waals surface area (Å²) in [4.78, 5) is 75.9. The molecule has 1 unspecified atom stereocenters. The Labute approximate surface area is 187 Å². The van der Waals surface area contributed by atoms with Gasteiger partial charge < -0.3 is 40.7 Å². The second-order valence-corrected chi connectivity index (χ2v) is 7.90. The molecule has 1 rings (SSSR count). The highest BCUT2D eigenvalue weighted by atomic mass is 16.7. The molecule has 1 saturated heterocycles. The lowest BCUT2D eigenvalue weighted by atomic mass is 9.48. The number of amides is 1. The number of ketones is 4. The van der Waals surface area contributed by atoms with E-state index < -0.39 is 82.3 Å². The normalized spacial score (nSPS) is 32.8. The lowest BCUT2D eigenvalue weighted by Gasteiger charge is -2.63. The van der Waals surface area contributed by atoms with E-state index in [0.29, 0.717) is 27.7 Å². The smallest absolute Gasteiger partial charge is 0.366 e.